The second-order valence-electron chi connectivity index (χ2n) is 4.04. The number of nitrogens with two attached hydrogens (primary N) is 2. The van der Waals surface area contributed by atoms with Crippen LogP contribution in [0.3, 0.4) is 0 Å². The van der Waals surface area contributed by atoms with Gasteiger partial charge in [0.05, 0.1) is 13.1 Å². The second kappa shape index (κ2) is 5.09. The van der Waals surface area contributed by atoms with Crippen molar-refractivity contribution in [3.05, 3.63) is 0 Å². The summed E-state index contributed by atoms with van der Waals surface area (Å²) in [6.07, 6.45) is 0. The van der Waals surface area contributed by atoms with Crippen LogP contribution in [-0.4, -0.2) is 48.9 Å². The lowest BCUT2D eigenvalue weighted by Crippen LogP contribution is -2.48. The average molecular weight is 214 g/mol. The van der Waals surface area contributed by atoms with E-state index in [1.165, 1.54) is 0 Å². The molecule has 2 atom stereocenters. The number of primary amides is 2. The molecule has 1 aliphatic heterocycles. The lowest BCUT2D eigenvalue weighted by Gasteiger charge is -2.28. The van der Waals surface area contributed by atoms with E-state index in [0.717, 1.165) is 13.1 Å². The Kier molecular flexibility index (Phi) is 4.05. The van der Waals surface area contributed by atoms with Crippen molar-refractivity contribution in [1.82, 2.24) is 10.2 Å². The van der Waals surface area contributed by atoms with Crippen molar-refractivity contribution < 1.29 is 9.59 Å². The van der Waals surface area contributed by atoms with Gasteiger partial charge in [0.25, 0.3) is 0 Å². The van der Waals surface area contributed by atoms with E-state index in [2.05, 4.69) is 12.2 Å². The summed E-state index contributed by atoms with van der Waals surface area (Å²) in [5, 5.41) is 3.20. The maximum absolute atomic E-state index is 10.9. The molecule has 2 unspecified atom stereocenters. The largest absolute Gasteiger partial charge is 0.369 e. The molecule has 0 radical (unpaired) electrons. The van der Waals surface area contributed by atoms with Gasteiger partial charge in [-0.1, -0.05) is 6.92 Å². The molecule has 0 saturated carbocycles. The summed E-state index contributed by atoms with van der Waals surface area (Å²) in [4.78, 5) is 23.5. The van der Waals surface area contributed by atoms with Crippen LogP contribution in [0, 0.1) is 5.92 Å². The number of carbonyl (C=O) groups excluding carboxylic acids is 2. The molecular weight excluding hydrogens is 196 g/mol. The Morgan fingerprint density at radius 2 is 1.80 bits per heavy atom. The van der Waals surface area contributed by atoms with E-state index in [9.17, 15) is 9.59 Å². The highest BCUT2D eigenvalue weighted by Gasteiger charge is 2.30. The summed E-state index contributed by atoms with van der Waals surface area (Å²) in [6.45, 7) is 3.89. The highest BCUT2D eigenvalue weighted by Crippen LogP contribution is 2.14. The van der Waals surface area contributed by atoms with E-state index in [-0.39, 0.29) is 19.1 Å². The Morgan fingerprint density at radius 1 is 1.27 bits per heavy atom. The third-order valence-corrected chi connectivity index (χ3v) is 2.66. The minimum atomic E-state index is -0.435. The molecule has 6 nitrogen and oxygen atoms in total. The molecule has 6 heteroatoms. The molecule has 1 aliphatic rings. The van der Waals surface area contributed by atoms with Crippen molar-refractivity contribution >= 4 is 11.8 Å². The fourth-order valence-corrected chi connectivity index (χ4v) is 1.98. The molecule has 1 rings (SSSR count). The highest BCUT2D eigenvalue weighted by molar-refractivity contribution is 5.79. The van der Waals surface area contributed by atoms with Crippen LogP contribution < -0.4 is 16.8 Å². The average Bonchev–Trinajstić information content (AvgIpc) is 2.48. The third-order valence-electron chi connectivity index (χ3n) is 2.66. The molecule has 1 heterocycles. The molecule has 1 fully saturated rings. The maximum Gasteiger partial charge on any atom is 0.231 e. The first-order chi connectivity index (χ1) is 7.00. The summed E-state index contributed by atoms with van der Waals surface area (Å²) < 4.78 is 0. The van der Waals surface area contributed by atoms with Gasteiger partial charge in [0, 0.05) is 12.6 Å². The first kappa shape index (κ1) is 11.9. The molecule has 0 spiro atoms. The quantitative estimate of drug-likeness (QED) is 0.486. The van der Waals surface area contributed by atoms with Crippen molar-refractivity contribution in [2.24, 2.45) is 17.4 Å². The van der Waals surface area contributed by atoms with Crippen LogP contribution in [-0.2, 0) is 9.59 Å². The fraction of sp³-hybridized carbons (Fsp3) is 0.778. The van der Waals surface area contributed by atoms with Gasteiger partial charge in [0.2, 0.25) is 11.8 Å². The van der Waals surface area contributed by atoms with Crippen molar-refractivity contribution in [2.75, 3.05) is 26.2 Å². The molecule has 2 amide bonds. The summed E-state index contributed by atoms with van der Waals surface area (Å²) in [7, 11) is 0. The Balaban J connectivity index is 2.61. The van der Waals surface area contributed by atoms with Crippen LogP contribution >= 0.6 is 0 Å². The van der Waals surface area contributed by atoms with Gasteiger partial charge in [0.15, 0.2) is 0 Å². The normalized spacial score (nSPS) is 25.7. The predicted molar refractivity (Wildman–Crippen MR) is 55.8 cm³/mol. The summed E-state index contributed by atoms with van der Waals surface area (Å²) in [6, 6.07) is 0.157. The number of hydrogen-bond donors (Lipinski definition) is 3. The number of amides is 2. The predicted octanol–water partition coefficient (Wildman–Crippen LogP) is -2.13. The Morgan fingerprint density at radius 3 is 2.13 bits per heavy atom. The van der Waals surface area contributed by atoms with Crippen molar-refractivity contribution in [1.29, 1.82) is 0 Å². The molecule has 0 bridgehead atoms. The van der Waals surface area contributed by atoms with Crippen LogP contribution in [0.15, 0.2) is 0 Å². The first-order valence-corrected chi connectivity index (χ1v) is 5.02. The van der Waals surface area contributed by atoms with E-state index in [1.54, 1.807) is 4.90 Å². The lowest BCUT2D eigenvalue weighted by atomic mass is 10.0. The maximum atomic E-state index is 10.9. The molecular formula is C9H18N4O2. The van der Waals surface area contributed by atoms with Crippen LogP contribution in [0.2, 0.25) is 0 Å². The minimum absolute atomic E-state index is 0.0830. The fourth-order valence-electron chi connectivity index (χ4n) is 1.98. The lowest BCUT2D eigenvalue weighted by molar-refractivity contribution is -0.123. The SMILES string of the molecule is CC1CNCC1N(CC(N)=O)CC(N)=O. The van der Waals surface area contributed by atoms with E-state index >= 15 is 0 Å². The van der Waals surface area contributed by atoms with Crippen LogP contribution in [0.5, 0.6) is 0 Å². The van der Waals surface area contributed by atoms with Gasteiger partial charge in [-0.25, -0.2) is 0 Å². The number of rotatable bonds is 5. The molecule has 0 aromatic carbocycles. The van der Waals surface area contributed by atoms with Crippen LogP contribution in [0.1, 0.15) is 6.92 Å². The molecule has 5 N–H and O–H groups in total. The standard InChI is InChI=1S/C9H18N4O2/c1-6-2-12-3-7(6)13(4-8(10)14)5-9(11)15/h6-7,12H,2-5H2,1H3,(H2,10,14)(H2,11,15). The Bertz CT molecular complexity index is 240. The summed E-state index contributed by atoms with van der Waals surface area (Å²) >= 11 is 0. The Hall–Kier alpha value is -1.14. The monoisotopic (exact) mass is 214 g/mol. The van der Waals surface area contributed by atoms with E-state index < -0.39 is 11.8 Å². The van der Waals surface area contributed by atoms with Crippen molar-refractivity contribution in [3.63, 3.8) is 0 Å². The van der Waals surface area contributed by atoms with Gasteiger partial charge < -0.3 is 16.8 Å². The molecule has 0 aromatic rings. The molecule has 1 saturated heterocycles. The first-order valence-electron chi connectivity index (χ1n) is 5.02. The van der Waals surface area contributed by atoms with Crippen LogP contribution in [0.4, 0.5) is 0 Å². The van der Waals surface area contributed by atoms with Gasteiger partial charge in [-0.2, -0.15) is 0 Å². The molecule has 15 heavy (non-hydrogen) atoms. The number of nitrogens with zero attached hydrogens (tertiary/aromatic N) is 1. The van der Waals surface area contributed by atoms with Gasteiger partial charge in [-0.05, 0) is 12.5 Å². The second-order valence-corrected chi connectivity index (χ2v) is 4.04. The summed E-state index contributed by atoms with van der Waals surface area (Å²) in [5.74, 6) is -0.477. The van der Waals surface area contributed by atoms with E-state index in [0.29, 0.717) is 5.92 Å². The minimum Gasteiger partial charge on any atom is -0.369 e. The van der Waals surface area contributed by atoms with Gasteiger partial charge >= 0.3 is 0 Å². The number of hydrogen-bond acceptors (Lipinski definition) is 4. The third kappa shape index (κ3) is 3.49. The Labute approximate surface area is 89.0 Å². The number of carbonyl (C=O) groups is 2. The van der Waals surface area contributed by atoms with Crippen molar-refractivity contribution in [3.8, 4) is 0 Å². The van der Waals surface area contributed by atoms with Crippen LogP contribution in [0.25, 0.3) is 0 Å². The molecule has 86 valence electrons. The van der Waals surface area contributed by atoms with Gasteiger partial charge in [-0.3, -0.25) is 14.5 Å². The smallest absolute Gasteiger partial charge is 0.231 e. The van der Waals surface area contributed by atoms with Gasteiger partial charge in [-0.15, -0.1) is 0 Å². The topological polar surface area (TPSA) is 101 Å². The molecule has 0 aliphatic carbocycles. The summed E-state index contributed by atoms with van der Waals surface area (Å²) in [5.41, 5.74) is 10.3. The van der Waals surface area contributed by atoms with Crippen molar-refractivity contribution in [2.45, 2.75) is 13.0 Å². The zero-order valence-electron chi connectivity index (χ0n) is 8.90. The molecule has 0 aromatic heterocycles. The highest BCUT2D eigenvalue weighted by atomic mass is 16.2. The zero-order chi connectivity index (χ0) is 11.4. The number of nitrogens with one attached hydrogen (secondary N) is 1. The van der Waals surface area contributed by atoms with Gasteiger partial charge in [0.1, 0.15) is 0 Å². The van der Waals surface area contributed by atoms with E-state index in [4.69, 9.17) is 11.5 Å². The van der Waals surface area contributed by atoms with E-state index in [1.807, 2.05) is 0 Å². The zero-order valence-corrected chi connectivity index (χ0v) is 8.90.